The molecule has 0 saturated carbocycles. The summed E-state index contributed by atoms with van der Waals surface area (Å²) in [7, 11) is 1.78. The molecule has 114 valence electrons. The fraction of sp³-hybridized carbons (Fsp3) is 0.647. The quantitative estimate of drug-likeness (QED) is 0.723. The van der Waals surface area contributed by atoms with Crippen molar-refractivity contribution in [2.75, 3.05) is 20.3 Å². The van der Waals surface area contributed by atoms with Crippen LogP contribution in [0.2, 0.25) is 0 Å². The van der Waals surface area contributed by atoms with Gasteiger partial charge in [0.2, 0.25) is 0 Å². The molecule has 0 aliphatic heterocycles. The van der Waals surface area contributed by atoms with E-state index >= 15 is 0 Å². The van der Waals surface area contributed by atoms with Crippen LogP contribution in [0.5, 0.6) is 0 Å². The van der Waals surface area contributed by atoms with E-state index in [4.69, 9.17) is 4.74 Å². The normalized spacial score (nSPS) is 14.5. The first-order valence-electron chi connectivity index (χ1n) is 7.49. The lowest BCUT2D eigenvalue weighted by Crippen LogP contribution is -2.33. The van der Waals surface area contributed by atoms with Crippen LogP contribution in [0.25, 0.3) is 0 Å². The zero-order chi connectivity index (χ0) is 15.0. The fourth-order valence-electron chi connectivity index (χ4n) is 2.37. The van der Waals surface area contributed by atoms with Crippen LogP contribution in [-0.2, 0) is 11.2 Å². The molecule has 0 bridgehead atoms. The second kappa shape index (κ2) is 9.54. The lowest BCUT2D eigenvalue weighted by atomic mass is 9.86. The van der Waals surface area contributed by atoms with Crippen molar-refractivity contribution in [1.29, 1.82) is 0 Å². The first kappa shape index (κ1) is 17.7. The monoisotopic (exact) mass is 341 g/mol. The molecule has 0 radical (unpaired) electrons. The third-order valence-corrected chi connectivity index (χ3v) is 4.25. The third kappa shape index (κ3) is 6.87. The van der Waals surface area contributed by atoms with Gasteiger partial charge in [0.15, 0.2) is 0 Å². The van der Waals surface area contributed by atoms with Gasteiger partial charge in [-0.1, -0.05) is 48.8 Å². The van der Waals surface area contributed by atoms with Gasteiger partial charge in [-0.2, -0.15) is 0 Å². The summed E-state index contributed by atoms with van der Waals surface area (Å²) in [5, 5.41) is 3.59. The molecular weight excluding hydrogens is 314 g/mol. The fourth-order valence-corrected chi connectivity index (χ4v) is 2.81. The Morgan fingerprint density at radius 2 is 2.00 bits per heavy atom. The molecule has 3 heteroatoms. The summed E-state index contributed by atoms with van der Waals surface area (Å²) in [5.74, 6) is 1.29. The number of halogens is 1. The van der Waals surface area contributed by atoms with Crippen LogP contribution >= 0.6 is 15.9 Å². The van der Waals surface area contributed by atoms with Crippen LogP contribution in [0.4, 0.5) is 0 Å². The van der Waals surface area contributed by atoms with Gasteiger partial charge < -0.3 is 10.1 Å². The van der Waals surface area contributed by atoms with Crippen molar-refractivity contribution in [3.05, 3.63) is 34.3 Å². The molecule has 1 aromatic rings. The van der Waals surface area contributed by atoms with E-state index < -0.39 is 0 Å². The maximum atomic E-state index is 5.23. The van der Waals surface area contributed by atoms with Crippen LogP contribution in [0.1, 0.15) is 32.8 Å². The highest BCUT2D eigenvalue weighted by Gasteiger charge is 2.18. The van der Waals surface area contributed by atoms with Gasteiger partial charge in [-0.25, -0.2) is 0 Å². The van der Waals surface area contributed by atoms with E-state index in [1.807, 2.05) is 0 Å². The first-order valence-corrected chi connectivity index (χ1v) is 8.29. The van der Waals surface area contributed by atoms with Crippen LogP contribution < -0.4 is 5.32 Å². The molecule has 0 heterocycles. The minimum Gasteiger partial charge on any atom is -0.385 e. The summed E-state index contributed by atoms with van der Waals surface area (Å²) < 4.78 is 6.39. The summed E-state index contributed by atoms with van der Waals surface area (Å²) in [4.78, 5) is 0. The Balaban J connectivity index is 2.65. The highest BCUT2D eigenvalue weighted by Crippen LogP contribution is 2.22. The molecule has 20 heavy (non-hydrogen) atoms. The third-order valence-electron chi connectivity index (χ3n) is 3.76. The molecule has 0 fully saturated rings. The number of rotatable bonds is 9. The predicted octanol–water partition coefficient (Wildman–Crippen LogP) is 4.28. The molecule has 2 nitrogen and oxygen atoms in total. The number of nitrogens with one attached hydrogen (secondary N) is 1. The largest absolute Gasteiger partial charge is 0.385 e. The van der Waals surface area contributed by atoms with Gasteiger partial charge in [0.1, 0.15) is 0 Å². The van der Waals surface area contributed by atoms with Crippen LogP contribution in [0.3, 0.4) is 0 Å². The van der Waals surface area contributed by atoms with Gasteiger partial charge in [0.05, 0.1) is 0 Å². The highest BCUT2D eigenvalue weighted by atomic mass is 79.9. The molecule has 0 spiro atoms. The number of methoxy groups -OCH3 is 1. The lowest BCUT2D eigenvalue weighted by Gasteiger charge is -2.25. The van der Waals surface area contributed by atoms with E-state index in [0.29, 0.717) is 17.9 Å². The zero-order valence-corrected chi connectivity index (χ0v) is 14.7. The Labute approximate surface area is 132 Å². The summed E-state index contributed by atoms with van der Waals surface area (Å²) in [6, 6.07) is 9.18. The second-order valence-electron chi connectivity index (χ2n) is 5.92. The van der Waals surface area contributed by atoms with E-state index in [0.717, 1.165) is 30.5 Å². The SMILES string of the molecule is COCCC(C)C(CNC(C)C)Cc1cccc(Br)c1. The van der Waals surface area contributed by atoms with Gasteiger partial charge >= 0.3 is 0 Å². The van der Waals surface area contributed by atoms with E-state index in [-0.39, 0.29) is 0 Å². The molecule has 1 aromatic carbocycles. The smallest absolute Gasteiger partial charge is 0.0464 e. The van der Waals surface area contributed by atoms with Crippen molar-refractivity contribution in [3.8, 4) is 0 Å². The van der Waals surface area contributed by atoms with Crippen molar-refractivity contribution in [1.82, 2.24) is 5.32 Å². The van der Waals surface area contributed by atoms with E-state index in [9.17, 15) is 0 Å². The Kier molecular flexibility index (Phi) is 8.43. The van der Waals surface area contributed by atoms with Gasteiger partial charge in [0.25, 0.3) is 0 Å². The lowest BCUT2D eigenvalue weighted by molar-refractivity contribution is 0.163. The zero-order valence-electron chi connectivity index (χ0n) is 13.2. The van der Waals surface area contributed by atoms with Crippen molar-refractivity contribution < 1.29 is 4.74 Å². The molecular formula is C17H28BrNO. The van der Waals surface area contributed by atoms with Crippen molar-refractivity contribution in [2.45, 2.75) is 39.7 Å². The standard InChI is InChI=1S/C17H28BrNO/c1-13(2)19-12-16(14(3)8-9-20-4)10-15-6-5-7-17(18)11-15/h5-7,11,13-14,16,19H,8-10,12H2,1-4H3. The number of benzene rings is 1. The summed E-state index contributed by atoms with van der Waals surface area (Å²) in [6.45, 7) is 8.66. The Hall–Kier alpha value is -0.380. The molecule has 0 aliphatic rings. The number of hydrogen-bond donors (Lipinski definition) is 1. The second-order valence-corrected chi connectivity index (χ2v) is 6.83. The number of hydrogen-bond acceptors (Lipinski definition) is 2. The highest BCUT2D eigenvalue weighted by molar-refractivity contribution is 9.10. The van der Waals surface area contributed by atoms with E-state index in [2.05, 4.69) is 66.3 Å². The molecule has 1 N–H and O–H groups in total. The van der Waals surface area contributed by atoms with Crippen LogP contribution in [0, 0.1) is 11.8 Å². The van der Waals surface area contributed by atoms with Gasteiger partial charge in [-0.05, 0) is 48.9 Å². The average molecular weight is 342 g/mol. The molecule has 0 aromatic heterocycles. The van der Waals surface area contributed by atoms with Crippen LogP contribution in [-0.4, -0.2) is 26.3 Å². The van der Waals surface area contributed by atoms with Crippen LogP contribution in [0.15, 0.2) is 28.7 Å². The Bertz CT molecular complexity index is 381. The van der Waals surface area contributed by atoms with Gasteiger partial charge in [0, 0.05) is 24.2 Å². The average Bonchev–Trinajstić information content (AvgIpc) is 2.40. The Morgan fingerprint density at radius 3 is 2.60 bits per heavy atom. The number of ether oxygens (including phenoxy) is 1. The van der Waals surface area contributed by atoms with Crippen molar-refractivity contribution in [3.63, 3.8) is 0 Å². The van der Waals surface area contributed by atoms with Gasteiger partial charge in [-0.15, -0.1) is 0 Å². The molecule has 2 atom stereocenters. The predicted molar refractivity (Wildman–Crippen MR) is 90.1 cm³/mol. The maximum Gasteiger partial charge on any atom is 0.0464 e. The van der Waals surface area contributed by atoms with Crippen molar-refractivity contribution in [2.24, 2.45) is 11.8 Å². The molecule has 0 amide bonds. The molecule has 0 saturated heterocycles. The molecule has 0 aliphatic carbocycles. The minimum atomic E-state index is 0.537. The van der Waals surface area contributed by atoms with E-state index in [1.165, 1.54) is 5.56 Å². The Morgan fingerprint density at radius 1 is 1.25 bits per heavy atom. The molecule has 1 rings (SSSR count). The van der Waals surface area contributed by atoms with E-state index in [1.54, 1.807) is 7.11 Å². The maximum absolute atomic E-state index is 5.23. The molecule has 2 unspecified atom stereocenters. The van der Waals surface area contributed by atoms with Crippen molar-refractivity contribution >= 4 is 15.9 Å². The summed E-state index contributed by atoms with van der Waals surface area (Å²) in [5.41, 5.74) is 1.40. The topological polar surface area (TPSA) is 21.3 Å². The van der Waals surface area contributed by atoms with Gasteiger partial charge in [-0.3, -0.25) is 0 Å². The first-order chi connectivity index (χ1) is 9.52. The summed E-state index contributed by atoms with van der Waals surface area (Å²) >= 11 is 3.56. The summed E-state index contributed by atoms with van der Waals surface area (Å²) in [6.07, 6.45) is 2.24. The minimum absolute atomic E-state index is 0.537.